The second-order valence-electron chi connectivity index (χ2n) is 9.11. The SMILES string of the molecule is CC(C)C[C@@H](C)NC(=O)c1cn(-c2ncc(F)cc2F)c2nc(N3CC(O)CC3=O)ccc2c1=O. The summed E-state index contributed by atoms with van der Waals surface area (Å²) in [6, 6.07) is 3.20. The van der Waals surface area contributed by atoms with Crippen LogP contribution in [0.5, 0.6) is 0 Å². The van der Waals surface area contributed by atoms with Crippen LogP contribution in [0.15, 0.2) is 35.4 Å². The van der Waals surface area contributed by atoms with Crippen LogP contribution < -0.4 is 15.6 Å². The van der Waals surface area contributed by atoms with Gasteiger partial charge in [0.05, 0.1) is 30.7 Å². The third-order valence-corrected chi connectivity index (χ3v) is 5.68. The highest BCUT2D eigenvalue weighted by atomic mass is 19.1. The van der Waals surface area contributed by atoms with Crippen molar-refractivity contribution in [1.82, 2.24) is 19.9 Å². The van der Waals surface area contributed by atoms with Gasteiger partial charge >= 0.3 is 0 Å². The summed E-state index contributed by atoms with van der Waals surface area (Å²) < 4.78 is 29.4. The number of carbonyl (C=O) groups is 2. The van der Waals surface area contributed by atoms with Gasteiger partial charge in [-0.1, -0.05) is 13.8 Å². The van der Waals surface area contributed by atoms with E-state index in [1.54, 1.807) is 0 Å². The molecule has 0 bridgehead atoms. The molecule has 35 heavy (non-hydrogen) atoms. The zero-order chi connectivity index (χ0) is 25.4. The fourth-order valence-electron chi connectivity index (χ4n) is 4.23. The zero-order valence-electron chi connectivity index (χ0n) is 19.5. The Balaban J connectivity index is 1.90. The molecule has 2 atom stereocenters. The topological polar surface area (TPSA) is 117 Å². The number of pyridine rings is 3. The molecule has 4 rings (SSSR count). The Hall–Kier alpha value is -3.73. The first kappa shape index (κ1) is 24.4. The number of nitrogens with one attached hydrogen (secondary N) is 1. The number of amides is 2. The number of hydrogen-bond donors (Lipinski definition) is 2. The molecule has 1 saturated heterocycles. The van der Waals surface area contributed by atoms with E-state index in [1.165, 1.54) is 17.0 Å². The van der Waals surface area contributed by atoms with Crippen molar-refractivity contribution in [2.24, 2.45) is 5.92 Å². The molecule has 11 heteroatoms. The van der Waals surface area contributed by atoms with Gasteiger partial charge in [0, 0.05) is 18.3 Å². The summed E-state index contributed by atoms with van der Waals surface area (Å²) in [4.78, 5) is 47.9. The molecule has 3 aromatic rings. The fourth-order valence-corrected chi connectivity index (χ4v) is 4.23. The average Bonchev–Trinajstić information content (AvgIpc) is 3.11. The van der Waals surface area contributed by atoms with Gasteiger partial charge in [-0.2, -0.15) is 0 Å². The minimum atomic E-state index is -1.03. The molecule has 2 amide bonds. The zero-order valence-corrected chi connectivity index (χ0v) is 19.5. The lowest BCUT2D eigenvalue weighted by molar-refractivity contribution is -0.117. The van der Waals surface area contributed by atoms with Crippen molar-refractivity contribution in [2.45, 2.75) is 45.8 Å². The summed E-state index contributed by atoms with van der Waals surface area (Å²) in [5.41, 5.74) is -0.979. The molecule has 0 saturated carbocycles. The Morgan fingerprint density at radius 3 is 2.63 bits per heavy atom. The fraction of sp³-hybridized carbons (Fsp3) is 0.375. The van der Waals surface area contributed by atoms with E-state index < -0.39 is 29.1 Å². The maximum Gasteiger partial charge on any atom is 0.256 e. The summed E-state index contributed by atoms with van der Waals surface area (Å²) in [6.45, 7) is 5.83. The minimum absolute atomic E-state index is 0.0129. The lowest BCUT2D eigenvalue weighted by Gasteiger charge is -2.19. The lowest BCUT2D eigenvalue weighted by atomic mass is 10.0. The third-order valence-electron chi connectivity index (χ3n) is 5.68. The average molecular weight is 485 g/mol. The molecule has 1 unspecified atom stereocenters. The molecule has 1 fully saturated rings. The van der Waals surface area contributed by atoms with E-state index in [-0.39, 0.29) is 53.1 Å². The summed E-state index contributed by atoms with van der Waals surface area (Å²) >= 11 is 0. The van der Waals surface area contributed by atoms with Crippen molar-refractivity contribution in [3.8, 4) is 5.82 Å². The second kappa shape index (κ2) is 9.49. The smallest absolute Gasteiger partial charge is 0.256 e. The van der Waals surface area contributed by atoms with E-state index in [0.717, 1.165) is 17.0 Å². The number of aliphatic hydroxyl groups excluding tert-OH is 1. The van der Waals surface area contributed by atoms with Crippen LogP contribution in [0.3, 0.4) is 0 Å². The maximum atomic E-state index is 14.7. The van der Waals surface area contributed by atoms with E-state index in [4.69, 9.17) is 0 Å². The van der Waals surface area contributed by atoms with E-state index in [0.29, 0.717) is 18.4 Å². The number of fused-ring (bicyclic) bond motifs is 1. The van der Waals surface area contributed by atoms with Crippen LogP contribution >= 0.6 is 0 Å². The van der Waals surface area contributed by atoms with Gasteiger partial charge in [0.2, 0.25) is 11.3 Å². The van der Waals surface area contributed by atoms with Crippen LogP contribution in [0.2, 0.25) is 0 Å². The molecule has 1 aliphatic rings. The standard InChI is InChI=1S/C24H25F2N5O4/c1-12(2)6-13(3)28-24(35)17-11-31(23-18(26)7-14(25)9-27-23)22-16(21(17)34)4-5-19(29-22)30-10-15(32)8-20(30)33/h4-5,7,9,11-13,15,32H,6,8,10H2,1-3H3,(H,28,35)/t13-,15?/m1/s1. The van der Waals surface area contributed by atoms with Crippen LogP contribution in [-0.4, -0.2) is 50.1 Å². The summed E-state index contributed by atoms with van der Waals surface area (Å²) in [6.07, 6.45) is 1.66. The van der Waals surface area contributed by atoms with Gasteiger partial charge in [-0.25, -0.2) is 18.7 Å². The summed E-state index contributed by atoms with van der Waals surface area (Å²) in [5, 5.41) is 12.6. The van der Waals surface area contributed by atoms with Gasteiger partial charge in [0.25, 0.3) is 5.91 Å². The lowest BCUT2D eigenvalue weighted by Crippen LogP contribution is -2.36. The molecule has 1 aliphatic heterocycles. The number of halogens is 2. The number of carbonyl (C=O) groups excluding carboxylic acids is 2. The minimum Gasteiger partial charge on any atom is -0.391 e. The molecule has 3 aromatic heterocycles. The molecule has 0 aromatic carbocycles. The summed E-state index contributed by atoms with van der Waals surface area (Å²) in [5.74, 6) is -2.87. The highest BCUT2D eigenvalue weighted by molar-refractivity contribution is 5.99. The highest BCUT2D eigenvalue weighted by Crippen LogP contribution is 2.24. The van der Waals surface area contributed by atoms with Crippen LogP contribution in [-0.2, 0) is 4.79 Å². The molecular weight excluding hydrogens is 460 g/mol. The molecule has 184 valence electrons. The Kier molecular flexibility index (Phi) is 6.62. The Bertz CT molecular complexity index is 1370. The number of anilines is 1. The van der Waals surface area contributed by atoms with Crippen LogP contribution in [0.25, 0.3) is 16.9 Å². The van der Waals surface area contributed by atoms with Gasteiger partial charge in [0.15, 0.2) is 17.3 Å². The third kappa shape index (κ3) is 4.90. The van der Waals surface area contributed by atoms with Gasteiger partial charge in [0.1, 0.15) is 17.2 Å². The number of β-amino-alcohol motifs (C(OH)–C–C–N with tert-alkyl or cyclic N) is 1. The van der Waals surface area contributed by atoms with Crippen molar-refractivity contribution >= 4 is 28.7 Å². The Labute approximate surface area is 199 Å². The predicted octanol–water partition coefficient (Wildman–Crippen LogP) is 2.32. The molecule has 9 nitrogen and oxygen atoms in total. The normalized spacial score (nSPS) is 16.8. The van der Waals surface area contributed by atoms with E-state index >= 15 is 0 Å². The number of nitrogens with zero attached hydrogens (tertiary/aromatic N) is 4. The van der Waals surface area contributed by atoms with Crippen molar-refractivity contribution in [3.05, 3.63) is 58.0 Å². The molecule has 2 N–H and O–H groups in total. The molecular formula is C24H25F2N5O4. The first-order chi connectivity index (χ1) is 16.5. The first-order valence-corrected chi connectivity index (χ1v) is 11.2. The number of hydrogen-bond acceptors (Lipinski definition) is 6. The molecule has 0 radical (unpaired) electrons. The van der Waals surface area contributed by atoms with E-state index in [2.05, 4.69) is 15.3 Å². The first-order valence-electron chi connectivity index (χ1n) is 11.2. The highest BCUT2D eigenvalue weighted by Gasteiger charge is 2.30. The van der Waals surface area contributed by atoms with Crippen LogP contribution in [0.1, 0.15) is 44.0 Å². The van der Waals surface area contributed by atoms with Crippen molar-refractivity contribution < 1.29 is 23.5 Å². The molecule has 0 spiro atoms. The van der Waals surface area contributed by atoms with Gasteiger partial charge in [-0.15, -0.1) is 0 Å². The number of rotatable bonds is 6. The van der Waals surface area contributed by atoms with Crippen molar-refractivity contribution in [2.75, 3.05) is 11.4 Å². The van der Waals surface area contributed by atoms with Gasteiger partial charge in [-0.05, 0) is 31.4 Å². The van der Waals surface area contributed by atoms with Crippen molar-refractivity contribution in [1.29, 1.82) is 0 Å². The predicted molar refractivity (Wildman–Crippen MR) is 124 cm³/mol. The quantitative estimate of drug-likeness (QED) is 0.554. The van der Waals surface area contributed by atoms with Gasteiger partial charge in [-0.3, -0.25) is 23.9 Å². The molecule has 0 aliphatic carbocycles. The number of aliphatic hydroxyl groups is 1. The van der Waals surface area contributed by atoms with E-state index in [1.807, 2.05) is 20.8 Å². The largest absolute Gasteiger partial charge is 0.391 e. The summed E-state index contributed by atoms with van der Waals surface area (Å²) in [7, 11) is 0. The van der Waals surface area contributed by atoms with E-state index in [9.17, 15) is 28.3 Å². The monoisotopic (exact) mass is 485 g/mol. The second-order valence-corrected chi connectivity index (χ2v) is 9.11. The maximum absolute atomic E-state index is 14.7. The van der Waals surface area contributed by atoms with Crippen LogP contribution in [0.4, 0.5) is 14.6 Å². The number of aromatic nitrogens is 3. The Morgan fingerprint density at radius 2 is 2.00 bits per heavy atom. The van der Waals surface area contributed by atoms with Gasteiger partial charge < -0.3 is 10.4 Å². The molecule has 4 heterocycles. The van der Waals surface area contributed by atoms with Crippen molar-refractivity contribution in [3.63, 3.8) is 0 Å². The Morgan fingerprint density at radius 1 is 1.26 bits per heavy atom. The van der Waals surface area contributed by atoms with Crippen LogP contribution in [0, 0.1) is 17.6 Å².